The zero-order chi connectivity index (χ0) is 13.3. The molecule has 2 aromatic rings. The molecule has 0 aliphatic carbocycles. The lowest BCUT2D eigenvalue weighted by molar-refractivity contribution is -0.151. The summed E-state index contributed by atoms with van der Waals surface area (Å²) in [5, 5.41) is 10.8. The standard InChI is InChI=1S/C13H15NO4/c1-14-9(12(15)13(16)18-3)7-8-5-4-6-10(17-2)11(8)14/h4-7,12,15H,1-3H3. The zero-order valence-electron chi connectivity index (χ0n) is 10.5. The molecule has 0 saturated heterocycles. The maximum Gasteiger partial charge on any atom is 0.340 e. The summed E-state index contributed by atoms with van der Waals surface area (Å²) >= 11 is 0. The number of aliphatic hydroxyl groups excluding tert-OH is 1. The molecule has 0 amide bonds. The molecule has 1 heterocycles. The van der Waals surface area contributed by atoms with Crippen LogP contribution in [0.3, 0.4) is 0 Å². The Kier molecular flexibility index (Phi) is 3.25. The number of para-hydroxylation sites is 1. The van der Waals surface area contributed by atoms with E-state index in [1.165, 1.54) is 7.11 Å². The minimum Gasteiger partial charge on any atom is -0.495 e. The van der Waals surface area contributed by atoms with Gasteiger partial charge in [0.05, 0.1) is 25.4 Å². The lowest BCUT2D eigenvalue weighted by Crippen LogP contribution is -2.16. The van der Waals surface area contributed by atoms with Crippen molar-refractivity contribution in [2.45, 2.75) is 6.10 Å². The van der Waals surface area contributed by atoms with Crippen LogP contribution in [0.4, 0.5) is 0 Å². The van der Waals surface area contributed by atoms with E-state index in [0.717, 1.165) is 10.9 Å². The number of hydrogen-bond donors (Lipinski definition) is 1. The summed E-state index contributed by atoms with van der Waals surface area (Å²) in [7, 11) is 4.60. The van der Waals surface area contributed by atoms with Crippen LogP contribution >= 0.6 is 0 Å². The third-order valence-electron chi connectivity index (χ3n) is 2.98. The van der Waals surface area contributed by atoms with Crippen LogP contribution in [-0.2, 0) is 16.6 Å². The molecule has 0 radical (unpaired) electrons. The van der Waals surface area contributed by atoms with Gasteiger partial charge in [0.1, 0.15) is 5.75 Å². The summed E-state index contributed by atoms with van der Waals surface area (Å²) in [6.07, 6.45) is -1.29. The second-order valence-corrected chi connectivity index (χ2v) is 3.95. The van der Waals surface area contributed by atoms with Crippen molar-refractivity contribution in [1.82, 2.24) is 4.57 Å². The minimum absolute atomic E-state index is 0.473. The number of fused-ring (bicyclic) bond motifs is 1. The monoisotopic (exact) mass is 249 g/mol. The van der Waals surface area contributed by atoms with Gasteiger partial charge in [0.2, 0.25) is 0 Å². The zero-order valence-corrected chi connectivity index (χ0v) is 10.5. The summed E-state index contributed by atoms with van der Waals surface area (Å²) in [5.74, 6) is 0.0122. The molecule has 1 aromatic heterocycles. The van der Waals surface area contributed by atoms with Crippen LogP contribution < -0.4 is 4.74 Å². The quantitative estimate of drug-likeness (QED) is 0.835. The maximum absolute atomic E-state index is 11.4. The number of esters is 1. The van der Waals surface area contributed by atoms with Gasteiger partial charge in [-0.25, -0.2) is 4.79 Å². The highest BCUT2D eigenvalue weighted by molar-refractivity contribution is 5.88. The molecular weight excluding hydrogens is 234 g/mol. The fourth-order valence-electron chi connectivity index (χ4n) is 2.06. The largest absolute Gasteiger partial charge is 0.495 e. The first-order valence-electron chi connectivity index (χ1n) is 5.48. The Balaban J connectivity index is 2.61. The Labute approximate surface area is 105 Å². The van der Waals surface area contributed by atoms with Gasteiger partial charge in [0.25, 0.3) is 0 Å². The predicted octanol–water partition coefficient (Wildman–Crippen LogP) is 1.39. The third kappa shape index (κ3) is 1.82. The Morgan fingerprint density at radius 3 is 2.72 bits per heavy atom. The van der Waals surface area contributed by atoms with Crippen molar-refractivity contribution in [2.75, 3.05) is 14.2 Å². The van der Waals surface area contributed by atoms with Gasteiger partial charge in [0, 0.05) is 12.4 Å². The highest BCUT2D eigenvalue weighted by atomic mass is 16.5. The van der Waals surface area contributed by atoms with E-state index in [0.29, 0.717) is 11.4 Å². The number of benzene rings is 1. The van der Waals surface area contributed by atoms with E-state index in [1.54, 1.807) is 24.8 Å². The fraction of sp³-hybridized carbons (Fsp3) is 0.308. The summed E-state index contributed by atoms with van der Waals surface area (Å²) in [6, 6.07) is 7.33. The molecule has 1 N–H and O–H groups in total. The predicted molar refractivity (Wildman–Crippen MR) is 66.4 cm³/mol. The Morgan fingerprint density at radius 1 is 1.39 bits per heavy atom. The summed E-state index contributed by atoms with van der Waals surface area (Å²) < 4.78 is 11.5. The molecule has 96 valence electrons. The molecule has 1 atom stereocenters. The summed E-state index contributed by atoms with van der Waals surface area (Å²) in [4.78, 5) is 11.4. The Bertz CT molecular complexity index is 588. The SMILES string of the molecule is COC(=O)C(O)c1cc2cccc(OC)c2n1C. The van der Waals surface area contributed by atoms with Crippen molar-refractivity contribution in [3.63, 3.8) is 0 Å². The van der Waals surface area contributed by atoms with Crippen LogP contribution in [0.5, 0.6) is 5.75 Å². The fourth-order valence-corrected chi connectivity index (χ4v) is 2.06. The lowest BCUT2D eigenvalue weighted by Gasteiger charge is -2.10. The molecule has 1 aromatic carbocycles. The molecule has 18 heavy (non-hydrogen) atoms. The van der Waals surface area contributed by atoms with Gasteiger partial charge in [-0.3, -0.25) is 0 Å². The van der Waals surface area contributed by atoms with E-state index in [2.05, 4.69) is 4.74 Å². The van der Waals surface area contributed by atoms with E-state index in [4.69, 9.17) is 4.74 Å². The van der Waals surface area contributed by atoms with Crippen LogP contribution in [0.2, 0.25) is 0 Å². The molecule has 0 spiro atoms. The second-order valence-electron chi connectivity index (χ2n) is 3.95. The number of aryl methyl sites for hydroxylation is 1. The molecule has 0 bridgehead atoms. The molecular formula is C13H15NO4. The smallest absolute Gasteiger partial charge is 0.340 e. The van der Waals surface area contributed by atoms with Crippen LogP contribution in [0.15, 0.2) is 24.3 Å². The third-order valence-corrected chi connectivity index (χ3v) is 2.98. The molecule has 5 nitrogen and oxygen atoms in total. The van der Waals surface area contributed by atoms with Gasteiger partial charge < -0.3 is 19.1 Å². The number of hydrogen-bond acceptors (Lipinski definition) is 4. The van der Waals surface area contributed by atoms with E-state index >= 15 is 0 Å². The molecule has 0 saturated carbocycles. The number of aromatic nitrogens is 1. The molecule has 0 aliphatic rings. The first-order chi connectivity index (χ1) is 8.60. The normalized spacial score (nSPS) is 12.4. The summed E-state index contributed by atoms with van der Waals surface area (Å²) in [5.41, 5.74) is 1.30. The van der Waals surface area contributed by atoms with Crippen molar-refractivity contribution in [3.8, 4) is 5.75 Å². The number of carbonyl (C=O) groups is 1. The lowest BCUT2D eigenvalue weighted by atomic mass is 10.2. The highest BCUT2D eigenvalue weighted by Gasteiger charge is 2.23. The van der Waals surface area contributed by atoms with Crippen molar-refractivity contribution >= 4 is 16.9 Å². The number of rotatable bonds is 3. The van der Waals surface area contributed by atoms with E-state index in [9.17, 15) is 9.90 Å². The van der Waals surface area contributed by atoms with Crippen molar-refractivity contribution in [1.29, 1.82) is 0 Å². The van der Waals surface area contributed by atoms with Gasteiger partial charge in [-0.1, -0.05) is 12.1 Å². The molecule has 1 unspecified atom stereocenters. The van der Waals surface area contributed by atoms with Crippen LogP contribution in [-0.4, -0.2) is 29.9 Å². The van der Waals surface area contributed by atoms with Crippen LogP contribution in [0.1, 0.15) is 11.8 Å². The first-order valence-corrected chi connectivity index (χ1v) is 5.48. The number of nitrogens with zero attached hydrogens (tertiary/aromatic N) is 1. The topological polar surface area (TPSA) is 60.7 Å². The number of methoxy groups -OCH3 is 2. The minimum atomic E-state index is -1.29. The first kappa shape index (κ1) is 12.4. The van der Waals surface area contributed by atoms with Crippen LogP contribution in [0, 0.1) is 0 Å². The average Bonchev–Trinajstić information content (AvgIpc) is 2.74. The molecule has 0 fully saturated rings. The Hall–Kier alpha value is -2.01. The molecule has 0 aliphatic heterocycles. The average molecular weight is 249 g/mol. The van der Waals surface area contributed by atoms with Gasteiger partial charge in [-0.2, -0.15) is 0 Å². The van der Waals surface area contributed by atoms with Crippen LogP contribution in [0.25, 0.3) is 10.9 Å². The maximum atomic E-state index is 11.4. The van der Waals surface area contributed by atoms with Crippen molar-refractivity contribution < 1.29 is 19.4 Å². The number of carbonyl (C=O) groups excluding carboxylic acids is 1. The number of aliphatic hydroxyl groups is 1. The van der Waals surface area contributed by atoms with E-state index in [1.807, 2.05) is 18.2 Å². The number of ether oxygens (including phenoxy) is 2. The van der Waals surface area contributed by atoms with E-state index < -0.39 is 12.1 Å². The molecule has 5 heteroatoms. The van der Waals surface area contributed by atoms with E-state index in [-0.39, 0.29) is 0 Å². The second kappa shape index (κ2) is 4.70. The van der Waals surface area contributed by atoms with Gasteiger partial charge in [-0.15, -0.1) is 0 Å². The van der Waals surface area contributed by atoms with Gasteiger partial charge >= 0.3 is 5.97 Å². The van der Waals surface area contributed by atoms with Gasteiger partial charge in [0.15, 0.2) is 6.10 Å². The molecule has 2 rings (SSSR count). The summed E-state index contributed by atoms with van der Waals surface area (Å²) in [6.45, 7) is 0. The van der Waals surface area contributed by atoms with Crippen molar-refractivity contribution in [3.05, 3.63) is 30.0 Å². The van der Waals surface area contributed by atoms with Crippen molar-refractivity contribution in [2.24, 2.45) is 7.05 Å². The van der Waals surface area contributed by atoms with Gasteiger partial charge in [-0.05, 0) is 12.1 Å². The highest BCUT2D eigenvalue weighted by Crippen LogP contribution is 2.30. The Morgan fingerprint density at radius 2 is 2.11 bits per heavy atom.